The van der Waals surface area contributed by atoms with Gasteiger partial charge in [0.25, 0.3) is 5.91 Å². The molecule has 0 aromatic heterocycles. The second kappa shape index (κ2) is 12.7. The number of fused-ring (bicyclic) bond motifs is 2. The summed E-state index contributed by atoms with van der Waals surface area (Å²) in [5.41, 5.74) is 0.127. The van der Waals surface area contributed by atoms with E-state index in [4.69, 9.17) is 16.3 Å². The van der Waals surface area contributed by atoms with E-state index in [1.165, 1.54) is 0 Å². The van der Waals surface area contributed by atoms with Gasteiger partial charge in [-0.15, -0.1) is 0 Å². The molecule has 1 spiro atoms. The van der Waals surface area contributed by atoms with Gasteiger partial charge >= 0.3 is 0 Å². The fraction of sp³-hybridized carbons (Fsp3) is 0.472. The Morgan fingerprint density at radius 3 is 2.38 bits per heavy atom. The number of ether oxygens (including phenoxy) is 1. The van der Waals surface area contributed by atoms with Gasteiger partial charge in [-0.05, 0) is 43.4 Å². The number of likely N-dealkylation sites (tertiary alicyclic amines) is 1. The van der Waals surface area contributed by atoms with Crippen LogP contribution >= 0.6 is 11.6 Å². The van der Waals surface area contributed by atoms with Crippen molar-refractivity contribution in [1.82, 2.24) is 9.80 Å². The molecule has 1 N–H and O–H groups in total. The van der Waals surface area contributed by atoms with E-state index in [0.717, 1.165) is 24.0 Å². The fourth-order valence-corrected chi connectivity index (χ4v) is 8.23. The number of aryl methyl sites for hydroxylation is 1. The van der Waals surface area contributed by atoms with Crippen LogP contribution in [0.15, 0.2) is 72.8 Å². The van der Waals surface area contributed by atoms with Crippen LogP contribution in [0.1, 0.15) is 50.2 Å². The van der Waals surface area contributed by atoms with Crippen LogP contribution in [0, 0.1) is 18.8 Å². The van der Waals surface area contributed by atoms with E-state index in [1.54, 1.807) is 20.8 Å². The molecular weight excluding hydrogens is 590 g/mol. The van der Waals surface area contributed by atoms with Gasteiger partial charge in [-0.25, -0.2) is 0 Å². The lowest BCUT2D eigenvalue weighted by Gasteiger charge is -2.38. The topological polar surface area (TPSA) is 90.4 Å². The van der Waals surface area contributed by atoms with Crippen molar-refractivity contribution >= 4 is 35.0 Å². The summed E-state index contributed by atoms with van der Waals surface area (Å²) in [4.78, 5) is 49.3. The molecular formula is C36H42ClN3O5. The highest BCUT2D eigenvalue weighted by Gasteiger charge is 2.75. The molecule has 8 nitrogen and oxygen atoms in total. The zero-order valence-corrected chi connectivity index (χ0v) is 26.8. The van der Waals surface area contributed by atoms with Crippen molar-refractivity contribution in [3.05, 3.63) is 89.0 Å². The Balaban J connectivity index is 1.43. The summed E-state index contributed by atoms with van der Waals surface area (Å²) in [5, 5.41) is 9.72. The van der Waals surface area contributed by atoms with Crippen LogP contribution in [-0.2, 0) is 25.7 Å². The van der Waals surface area contributed by atoms with Crippen molar-refractivity contribution in [1.29, 1.82) is 0 Å². The molecule has 5 atom stereocenters. The van der Waals surface area contributed by atoms with Crippen LogP contribution < -0.4 is 4.90 Å². The molecule has 0 radical (unpaired) electrons. The quantitative estimate of drug-likeness (QED) is 0.292. The Kier molecular flexibility index (Phi) is 8.92. The van der Waals surface area contributed by atoms with E-state index in [1.807, 2.05) is 80.6 Å². The number of amides is 3. The van der Waals surface area contributed by atoms with Gasteiger partial charge in [0.2, 0.25) is 11.8 Å². The summed E-state index contributed by atoms with van der Waals surface area (Å²) >= 11 is 6.69. The highest BCUT2D eigenvalue weighted by molar-refractivity contribution is 6.34. The first-order valence-electron chi connectivity index (χ1n) is 16.1. The molecule has 1 unspecified atom stereocenters. The molecule has 4 aliphatic heterocycles. The van der Waals surface area contributed by atoms with Gasteiger partial charge in [-0.2, -0.15) is 0 Å². The van der Waals surface area contributed by atoms with Gasteiger partial charge in [-0.3, -0.25) is 14.4 Å². The van der Waals surface area contributed by atoms with Crippen LogP contribution in [-0.4, -0.2) is 76.1 Å². The molecule has 4 aliphatic rings. The van der Waals surface area contributed by atoms with Gasteiger partial charge in [0, 0.05) is 32.8 Å². The third-order valence-electron chi connectivity index (χ3n) is 10.0. The minimum absolute atomic E-state index is 0.121. The number of benzene rings is 2. The van der Waals surface area contributed by atoms with Crippen molar-refractivity contribution in [2.45, 2.75) is 69.7 Å². The molecule has 6 rings (SSSR count). The average Bonchev–Trinajstić information content (AvgIpc) is 3.32. The highest BCUT2D eigenvalue weighted by Crippen LogP contribution is 2.59. The predicted octanol–water partition coefficient (Wildman–Crippen LogP) is 5.06. The number of aliphatic hydroxyl groups excluding tert-OH is 1. The normalized spacial score (nSPS) is 29.1. The van der Waals surface area contributed by atoms with Crippen molar-refractivity contribution in [3.63, 3.8) is 0 Å². The number of carbonyl (C=O) groups excluding carboxylic acids is 3. The highest BCUT2D eigenvalue weighted by atomic mass is 35.5. The first-order valence-corrected chi connectivity index (χ1v) is 16.5. The van der Waals surface area contributed by atoms with Gasteiger partial charge in [0.05, 0.1) is 28.1 Å². The standard InChI is InChI=1S/C36H42ClN3O5/c1-3-35-18-12-20-38(24-26-15-7-6-8-16-26)32(42)28(35)29-33(43)40(21-9-4-5-10-23-41)31-34(44)39(22-13-19-36(29,31)45-35)30-25(2)14-11-17-27(30)37/h6-8,11-19,28-29,31,41H,3-5,9-10,20-24H2,1-2H3/t28-,29-,31?,35+,36-/m0/s1. The molecule has 2 saturated heterocycles. The Bertz CT molecular complexity index is 1490. The van der Waals surface area contributed by atoms with E-state index in [2.05, 4.69) is 0 Å². The lowest BCUT2D eigenvalue weighted by Crippen LogP contribution is -2.56. The van der Waals surface area contributed by atoms with E-state index >= 15 is 0 Å². The molecule has 2 aromatic carbocycles. The zero-order chi connectivity index (χ0) is 31.8. The van der Waals surface area contributed by atoms with Gasteiger partial charge < -0.3 is 24.5 Å². The van der Waals surface area contributed by atoms with E-state index in [9.17, 15) is 19.5 Å². The summed E-state index contributed by atoms with van der Waals surface area (Å²) in [7, 11) is 0. The predicted molar refractivity (Wildman–Crippen MR) is 174 cm³/mol. The Hall–Kier alpha value is -3.46. The minimum atomic E-state index is -1.32. The lowest BCUT2D eigenvalue weighted by atomic mass is 9.73. The van der Waals surface area contributed by atoms with E-state index in [0.29, 0.717) is 49.6 Å². The van der Waals surface area contributed by atoms with Gasteiger partial charge in [-0.1, -0.05) is 98.1 Å². The molecule has 9 heteroatoms. The minimum Gasteiger partial charge on any atom is -0.396 e. The van der Waals surface area contributed by atoms with Gasteiger partial charge in [0.1, 0.15) is 11.6 Å². The Morgan fingerprint density at radius 1 is 0.889 bits per heavy atom. The number of rotatable bonds is 10. The Morgan fingerprint density at radius 2 is 1.64 bits per heavy atom. The largest absolute Gasteiger partial charge is 0.396 e. The summed E-state index contributed by atoms with van der Waals surface area (Å²) in [6, 6.07) is 14.4. The lowest BCUT2D eigenvalue weighted by molar-refractivity contribution is -0.150. The summed E-state index contributed by atoms with van der Waals surface area (Å²) in [5.74, 6) is -2.26. The second-order valence-corrected chi connectivity index (χ2v) is 13.1. The third kappa shape index (κ3) is 5.30. The maximum absolute atomic E-state index is 14.8. The van der Waals surface area contributed by atoms with Crippen molar-refractivity contribution in [2.75, 3.05) is 31.1 Å². The van der Waals surface area contributed by atoms with Crippen molar-refractivity contribution in [3.8, 4) is 0 Å². The molecule has 0 saturated carbocycles. The molecule has 2 fully saturated rings. The zero-order valence-electron chi connectivity index (χ0n) is 26.0. The SMILES string of the molecule is CC[C@@]12C=CCN(Cc3ccccc3)C(=O)[C@@H]1[C@H]1C(=O)N(CCCCCCO)C3C(=O)N(c4c(C)cccc4Cl)CC=C[C@@]31O2. The van der Waals surface area contributed by atoms with Gasteiger partial charge in [0.15, 0.2) is 0 Å². The number of carbonyl (C=O) groups is 3. The fourth-order valence-electron chi connectivity index (χ4n) is 7.91. The molecule has 3 amide bonds. The second-order valence-electron chi connectivity index (χ2n) is 12.7. The number of halogens is 1. The monoisotopic (exact) mass is 631 g/mol. The number of hydrogen-bond donors (Lipinski definition) is 1. The maximum atomic E-state index is 14.8. The van der Waals surface area contributed by atoms with Crippen LogP contribution in [0.2, 0.25) is 5.02 Å². The number of hydrogen-bond acceptors (Lipinski definition) is 5. The van der Waals surface area contributed by atoms with Crippen LogP contribution in [0.5, 0.6) is 0 Å². The number of aliphatic hydroxyl groups is 1. The molecule has 238 valence electrons. The number of para-hydroxylation sites is 1. The number of anilines is 1. The van der Waals surface area contributed by atoms with Crippen LogP contribution in [0.4, 0.5) is 5.69 Å². The van der Waals surface area contributed by atoms with E-state index in [-0.39, 0.29) is 30.9 Å². The average molecular weight is 632 g/mol. The first kappa shape index (κ1) is 31.5. The number of nitrogens with zero attached hydrogens (tertiary/aromatic N) is 3. The smallest absolute Gasteiger partial charge is 0.253 e. The molecule has 45 heavy (non-hydrogen) atoms. The maximum Gasteiger partial charge on any atom is 0.253 e. The van der Waals surface area contributed by atoms with Crippen LogP contribution in [0.3, 0.4) is 0 Å². The molecule has 0 bridgehead atoms. The summed E-state index contributed by atoms with van der Waals surface area (Å²) in [6.45, 7) is 5.47. The Labute approximate surface area is 270 Å². The molecule has 0 aliphatic carbocycles. The first-order chi connectivity index (χ1) is 21.8. The van der Waals surface area contributed by atoms with Crippen molar-refractivity contribution < 1.29 is 24.2 Å². The van der Waals surface area contributed by atoms with Crippen molar-refractivity contribution in [2.24, 2.45) is 11.8 Å². The summed E-state index contributed by atoms with van der Waals surface area (Å²) < 4.78 is 7.11. The van der Waals surface area contributed by atoms with E-state index < -0.39 is 29.1 Å². The summed E-state index contributed by atoms with van der Waals surface area (Å²) in [6.07, 6.45) is 11.2. The third-order valence-corrected chi connectivity index (χ3v) is 10.3. The number of unbranched alkanes of at least 4 members (excludes halogenated alkanes) is 3. The molecule has 2 aromatic rings. The van der Waals surface area contributed by atoms with Crippen LogP contribution in [0.25, 0.3) is 0 Å². The molecule has 4 heterocycles.